The topological polar surface area (TPSA) is 15.6 Å². The number of aliphatic imine (C=N–C) groups is 1. The molecule has 1 atom stereocenters. The van der Waals surface area contributed by atoms with Crippen LogP contribution in [0.2, 0.25) is 0 Å². The van der Waals surface area contributed by atoms with Gasteiger partial charge in [-0.15, -0.1) is 0 Å². The maximum Gasteiger partial charge on any atom is 0.0994 e. The predicted molar refractivity (Wildman–Crippen MR) is 76.6 cm³/mol. The number of nitrogens with zero attached hydrogens (tertiary/aromatic N) is 2. The highest BCUT2D eigenvalue weighted by Crippen LogP contribution is 2.26. The number of hydrogen-bond acceptors (Lipinski definition) is 1. The zero-order chi connectivity index (χ0) is 13.0. The maximum absolute atomic E-state index is 4.80. The average molecular weight is 238 g/mol. The van der Waals surface area contributed by atoms with Gasteiger partial charge in [-0.1, -0.05) is 13.8 Å². The van der Waals surface area contributed by atoms with Gasteiger partial charge in [-0.25, -0.2) is 0 Å². The van der Waals surface area contributed by atoms with Crippen molar-refractivity contribution >= 4 is 5.84 Å². The molecule has 17 heavy (non-hydrogen) atoms. The van der Waals surface area contributed by atoms with E-state index in [4.69, 9.17) is 4.99 Å². The Bertz CT molecular complexity index is 254. The van der Waals surface area contributed by atoms with Crippen molar-refractivity contribution in [3.8, 4) is 0 Å². The van der Waals surface area contributed by atoms with E-state index < -0.39 is 0 Å². The Balaban J connectivity index is 2.68. The zero-order valence-electron chi connectivity index (χ0n) is 12.5. The van der Waals surface area contributed by atoms with Crippen LogP contribution >= 0.6 is 0 Å². The van der Waals surface area contributed by atoms with Gasteiger partial charge in [0.1, 0.15) is 0 Å². The van der Waals surface area contributed by atoms with Crippen molar-refractivity contribution in [1.82, 2.24) is 4.90 Å². The molecule has 1 unspecified atom stereocenters. The fourth-order valence-corrected chi connectivity index (χ4v) is 2.76. The smallest absolute Gasteiger partial charge is 0.0994 e. The first-order chi connectivity index (χ1) is 7.90. The second kappa shape index (κ2) is 6.42. The minimum Gasteiger partial charge on any atom is -0.358 e. The molecule has 0 radical (unpaired) electrons. The molecular weight excluding hydrogens is 208 g/mol. The molecule has 0 aliphatic carbocycles. The molecule has 0 aromatic carbocycles. The van der Waals surface area contributed by atoms with Crippen LogP contribution in [-0.4, -0.2) is 29.4 Å². The summed E-state index contributed by atoms with van der Waals surface area (Å²) in [5, 5.41) is 0. The lowest BCUT2D eigenvalue weighted by molar-refractivity contribution is 0.227. The van der Waals surface area contributed by atoms with E-state index in [9.17, 15) is 0 Å². The van der Waals surface area contributed by atoms with Crippen LogP contribution in [0, 0.1) is 11.8 Å². The predicted octanol–water partition coefficient (Wildman–Crippen LogP) is 3.96. The maximum atomic E-state index is 4.80. The van der Waals surface area contributed by atoms with Gasteiger partial charge in [0.2, 0.25) is 0 Å². The highest BCUT2D eigenvalue weighted by atomic mass is 15.2. The largest absolute Gasteiger partial charge is 0.358 e. The van der Waals surface area contributed by atoms with Crippen molar-refractivity contribution in [3.05, 3.63) is 0 Å². The first kappa shape index (κ1) is 14.5. The monoisotopic (exact) mass is 238 g/mol. The minimum absolute atomic E-state index is 0.424. The summed E-state index contributed by atoms with van der Waals surface area (Å²) >= 11 is 0. The first-order valence-electron chi connectivity index (χ1n) is 7.23. The Kier molecular flexibility index (Phi) is 5.48. The Labute approximate surface area is 107 Å². The van der Waals surface area contributed by atoms with E-state index in [2.05, 4.69) is 46.4 Å². The highest BCUT2D eigenvalue weighted by molar-refractivity contribution is 5.83. The quantitative estimate of drug-likeness (QED) is 0.724. The lowest BCUT2D eigenvalue weighted by atomic mass is 9.88. The molecule has 0 amide bonds. The van der Waals surface area contributed by atoms with Gasteiger partial charge in [-0.3, -0.25) is 4.99 Å². The van der Waals surface area contributed by atoms with Crippen LogP contribution in [0.4, 0.5) is 0 Å². The summed E-state index contributed by atoms with van der Waals surface area (Å²) in [7, 11) is 0. The molecule has 1 heterocycles. The molecule has 2 nitrogen and oxygen atoms in total. The minimum atomic E-state index is 0.424. The fraction of sp³-hybridized carbons (Fsp3) is 0.933. The molecule has 1 rings (SSSR count). The third-order valence-electron chi connectivity index (χ3n) is 3.40. The summed E-state index contributed by atoms with van der Waals surface area (Å²) in [6.07, 6.45) is 3.86. The molecule has 1 aliphatic rings. The molecule has 0 aromatic heterocycles. The summed E-state index contributed by atoms with van der Waals surface area (Å²) in [4.78, 5) is 7.32. The third kappa shape index (κ3) is 4.69. The molecule has 0 aromatic rings. The van der Waals surface area contributed by atoms with Crippen LogP contribution in [0.1, 0.15) is 60.8 Å². The van der Waals surface area contributed by atoms with E-state index in [1.807, 2.05) is 0 Å². The molecule has 0 spiro atoms. The van der Waals surface area contributed by atoms with E-state index in [0.717, 1.165) is 11.8 Å². The molecule has 0 saturated carbocycles. The molecule has 2 heteroatoms. The summed E-state index contributed by atoms with van der Waals surface area (Å²) < 4.78 is 0. The normalized spacial score (nSPS) is 24.4. The van der Waals surface area contributed by atoms with Crippen molar-refractivity contribution in [1.29, 1.82) is 0 Å². The van der Waals surface area contributed by atoms with Crippen molar-refractivity contribution < 1.29 is 0 Å². The molecule has 0 bridgehead atoms. The van der Waals surface area contributed by atoms with Crippen molar-refractivity contribution in [2.75, 3.05) is 6.54 Å². The molecular formula is C15H30N2. The SMILES string of the molecule is CC(C)CC1CC/C(=N/C(C)C)N(C(C)C)C1. The summed E-state index contributed by atoms with van der Waals surface area (Å²) in [5.41, 5.74) is 0. The molecule has 0 N–H and O–H groups in total. The standard InChI is InChI=1S/C15H30N2/c1-11(2)9-14-7-8-15(16-12(3)4)17(10-14)13(5)6/h11-14H,7-10H2,1-6H3/b16-15-. The number of likely N-dealkylation sites (tertiary alicyclic amines) is 1. The van der Waals surface area contributed by atoms with E-state index in [1.165, 1.54) is 31.6 Å². The molecule has 100 valence electrons. The van der Waals surface area contributed by atoms with Gasteiger partial charge in [0.15, 0.2) is 0 Å². The lowest BCUT2D eigenvalue weighted by Crippen LogP contribution is -2.44. The van der Waals surface area contributed by atoms with Crippen LogP contribution in [0.3, 0.4) is 0 Å². The van der Waals surface area contributed by atoms with Crippen LogP contribution in [0.15, 0.2) is 4.99 Å². The van der Waals surface area contributed by atoms with Crippen LogP contribution in [0.5, 0.6) is 0 Å². The van der Waals surface area contributed by atoms with Gasteiger partial charge in [0.25, 0.3) is 0 Å². The summed E-state index contributed by atoms with van der Waals surface area (Å²) in [6.45, 7) is 14.8. The van der Waals surface area contributed by atoms with Gasteiger partial charge in [0.05, 0.1) is 5.84 Å². The van der Waals surface area contributed by atoms with Gasteiger partial charge >= 0.3 is 0 Å². The average Bonchev–Trinajstić information content (AvgIpc) is 2.18. The summed E-state index contributed by atoms with van der Waals surface area (Å²) in [6, 6.07) is 1.01. The Morgan fingerprint density at radius 3 is 2.29 bits per heavy atom. The zero-order valence-corrected chi connectivity index (χ0v) is 12.5. The first-order valence-corrected chi connectivity index (χ1v) is 7.23. The van der Waals surface area contributed by atoms with Crippen molar-refractivity contribution in [2.24, 2.45) is 16.8 Å². The highest BCUT2D eigenvalue weighted by Gasteiger charge is 2.26. The molecule has 1 saturated heterocycles. The van der Waals surface area contributed by atoms with Gasteiger partial charge < -0.3 is 4.90 Å². The number of amidine groups is 1. The Hall–Kier alpha value is -0.530. The van der Waals surface area contributed by atoms with Crippen molar-refractivity contribution in [3.63, 3.8) is 0 Å². The second-order valence-corrected chi connectivity index (χ2v) is 6.42. The van der Waals surface area contributed by atoms with Gasteiger partial charge in [-0.05, 0) is 52.4 Å². The van der Waals surface area contributed by atoms with Crippen molar-refractivity contribution in [2.45, 2.75) is 72.9 Å². The second-order valence-electron chi connectivity index (χ2n) is 6.42. The van der Waals surface area contributed by atoms with Crippen LogP contribution in [0.25, 0.3) is 0 Å². The Morgan fingerprint density at radius 2 is 1.82 bits per heavy atom. The van der Waals surface area contributed by atoms with Crippen LogP contribution in [-0.2, 0) is 0 Å². The number of hydrogen-bond donors (Lipinski definition) is 0. The van der Waals surface area contributed by atoms with Gasteiger partial charge in [-0.2, -0.15) is 0 Å². The summed E-state index contributed by atoms with van der Waals surface area (Å²) in [5.74, 6) is 3.02. The fourth-order valence-electron chi connectivity index (χ4n) is 2.76. The van der Waals surface area contributed by atoms with E-state index >= 15 is 0 Å². The van der Waals surface area contributed by atoms with E-state index in [-0.39, 0.29) is 0 Å². The van der Waals surface area contributed by atoms with Crippen LogP contribution < -0.4 is 0 Å². The molecule has 1 fully saturated rings. The Morgan fingerprint density at radius 1 is 1.18 bits per heavy atom. The third-order valence-corrected chi connectivity index (χ3v) is 3.40. The van der Waals surface area contributed by atoms with Gasteiger partial charge in [0, 0.05) is 25.0 Å². The number of piperidine rings is 1. The molecule has 1 aliphatic heterocycles. The van der Waals surface area contributed by atoms with E-state index in [0.29, 0.717) is 12.1 Å². The lowest BCUT2D eigenvalue weighted by Gasteiger charge is -2.39. The number of rotatable bonds is 4. The van der Waals surface area contributed by atoms with E-state index in [1.54, 1.807) is 0 Å².